The Kier molecular flexibility index (Phi) is 4.81. The maximum Gasteiger partial charge on any atom is 0.325 e. The third-order valence-corrected chi connectivity index (χ3v) is 4.36. The van der Waals surface area contributed by atoms with Crippen LogP contribution in [-0.4, -0.2) is 17.1 Å². The second-order valence-electron chi connectivity index (χ2n) is 6.64. The van der Waals surface area contributed by atoms with Gasteiger partial charge in [0.15, 0.2) is 0 Å². The van der Waals surface area contributed by atoms with E-state index in [-0.39, 0.29) is 0 Å². The molecule has 110 valence electrons. The van der Waals surface area contributed by atoms with Gasteiger partial charge in [-0.1, -0.05) is 50.6 Å². The Morgan fingerprint density at radius 3 is 2.60 bits per heavy atom. The Balaban J connectivity index is 2.04. The number of carboxylic acids is 1. The molecule has 1 aliphatic rings. The quantitative estimate of drug-likeness (QED) is 0.823. The number of carbonyl (C=O) groups is 1. The number of hydrogen-bond donors (Lipinski definition) is 2. The summed E-state index contributed by atoms with van der Waals surface area (Å²) in [6, 6.07) is 9.17. The van der Waals surface area contributed by atoms with Crippen LogP contribution in [0.3, 0.4) is 0 Å². The van der Waals surface area contributed by atoms with Crippen molar-refractivity contribution < 1.29 is 9.90 Å². The van der Waals surface area contributed by atoms with Gasteiger partial charge < -0.3 is 5.11 Å². The van der Waals surface area contributed by atoms with Gasteiger partial charge in [0.05, 0.1) is 0 Å². The van der Waals surface area contributed by atoms with Gasteiger partial charge in [0.1, 0.15) is 6.04 Å². The van der Waals surface area contributed by atoms with Crippen molar-refractivity contribution in [2.24, 2.45) is 5.41 Å². The fraction of sp³-hybridized carbons (Fsp3) is 0.588. The van der Waals surface area contributed by atoms with E-state index < -0.39 is 12.0 Å². The SMILES string of the molecule is CC1(C)CCCC(NC(C(=O)O)c2ccccc2)CC1. The smallest absolute Gasteiger partial charge is 0.325 e. The molecule has 2 N–H and O–H groups in total. The van der Waals surface area contributed by atoms with Crippen LogP contribution in [0.25, 0.3) is 0 Å². The number of carboxylic acid groups (broad SMARTS) is 1. The average Bonchev–Trinajstić information content (AvgIpc) is 2.58. The monoisotopic (exact) mass is 275 g/mol. The molecule has 1 saturated carbocycles. The van der Waals surface area contributed by atoms with E-state index in [1.165, 1.54) is 12.8 Å². The summed E-state index contributed by atoms with van der Waals surface area (Å²) in [6.07, 6.45) is 5.69. The molecule has 2 rings (SSSR count). The fourth-order valence-corrected chi connectivity index (χ4v) is 3.02. The maximum atomic E-state index is 11.5. The molecule has 0 aromatic heterocycles. The van der Waals surface area contributed by atoms with Gasteiger partial charge in [0.25, 0.3) is 0 Å². The van der Waals surface area contributed by atoms with Crippen LogP contribution in [0.2, 0.25) is 0 Å². The van der Waals surface area contributed by atoms with Crippen LogP contribution in [0.4, 0.5) is 0 Å². The van der Waals surface area contributed by atoms with Crippen LogP contribution in [-0.2, 0) is 4.79 Å². The second kappa shape index (κ2) is 6.40. The number of hydrogen-bond acceptors (Lipinski definition) is 2. The molecule has 0 radical (unpaired) electrons. The van der Waals surface area contributed by atoms with Gasteiger partial charge in [-0.3, -0.25) is 10.1 Å². The molecule has 3 nitrogen and oxygen atoms in total. The minimum atomic E-state index is -0.792. The first-order chi connectivity index (χ1) is 9.48. The van der Waals surface area contributed by atoms with Crippen molar-refractivity contribution in [2.75, 3.05) is 0 Å². The van der Waals surface area contributed by atoms with E-state index in [1.807, 2.05) is 30.3 Å². The predicted molar refractivity (Wildman–Crippen MR) is 80.6 cm³/mol. The topological polar surface area (TPSA) is 49.3 Å². The van der Waals surface area contributed by atoms with Crippen molar-refractivity contribution >= 4 is 5.97 Å². The van der Waals surface area contributed by atoms with Crippen molar-refractivity contribution in [1.29, 1.82) is 0 Å². The lowest BCUT2D eigenvalue weighted by atomic mass is 9.85. The Morgan fingerprint density at radius 2 is 1.95 bits per heavy atom. The molecule has 0 amide bonds. The molecular formula is C17H25NO2. The third-order valence-electron chi connectivity index (χ3n) is 4.36. The first-order valence-electron chi connectivity index (χ1n) is 7.52. The minimum Gasteiger partial charge on any atom is -0.480 e. The Morgan fingerprint density at radius 1 is 1.25 bits per heavy atom. The summed E-state index contributed by atoms with van der Waals surface area (Å²) in [5.74, 6) is -0.792. The molecule has 0 heterocycles. The highest BCUT2D eigenvalue weighted by molar-refractivity contribution is 5.75. The highest BCUT2D eigenvalue weighted by Crippen LogP contribution is 2.34. The van der Waals surface area contributed by atoms with E-state index in [0.29, 0.717) is 11.5 Å². The Bertz CT molecular complexity index is 442. The van der Waals surface area contributed by atoms with E-state index in [1.54, 1.807) is 0 Å². The first kappa shape index (κ1) is 15.0. The molecular weight excluding hydrogens is 250 g/mol. The van der Waals surface area contributed by atoms with Gasteiger partial charge in [-0.05, 0) is 36.7 Å². The van der Waals surface area contributed by atoms with E-state index in [4.69, 9.17) is 0 Å². The van der Waals surface area contributed by atoms with E-state index in [9.17, 15) is 9.90 Å². The zero-order chi connectivity index (χ0) is 14.6. The standard InChI is InChI=1S/C17H25NO2/c1-17(2)11-6-9-14(10-12-17)18-15(16(19)20)13-7-4-3-5-8-13/h3-5,7-8,14-15,18H,6,9-12H2,1-2H3,(H,19,20). The van der Waals surface area contributed by atoms with Crippen molar-refractivity contribution in [1.82, 2.24) is 5.32 Å². The molecule has 1 aromatic rings. The molecule has 1 aliphatic carbocycles. The lowest BCUT2D eigenvalue weighted by Crippen LogP contribution is -2.37. The lowest BCUT2D eigenvalue weighted by molar-refractivity contribution is -0.140. The second-order valence-corrected chi connectivity index (χ2v) is 6.64. The molecule has 1 aromatic carbocycles. The minimum absolute atomic E-state index is 0.304. The molecule has 0 bridgehead atoms. The Labute approximate surface area is 121 Å². The maximum absolute atomic E-state index is 11.5. The molecule has 3 heteroatoms. The number of rotatable bonds is 4. The summed E-state index contributed by atoms with van der Waals surface area (Å²) < 4.78 is 0. The van der Waals surface area contributed by atoms with Gasteiger partial charge in [-0.2, -0.15) is 0 Å². The average molecular weight is 275 g/mol. The number of aliphatic carboxylic acids is 1. The van der Waals surface area contributed by atoms with Gasteiger partial charge in [-0.25, -0.2) is 0 Å². The Hall–Kier alpha value is -1.35. The lowest BCUT2D eigenvalue weighted by Gasteiger charge is -2.24. The van der Waals surface area contributed by atoms with Gasteiger partial charge >= 0.3 is 5.97 Å². The van der Waals surface area contributed by atoms with E-state index in [2.05, 4.69) is 19.2 Å². The molecule has 20 heavy (non-hydrogen) atoms. The molecule has 2 atom stereocenters. The summed E-state index contributed by atoms with van der Waals surface area (Å²) in [6.45, 7) is 4.61. The molecule has 0 spiro atoms. The molecule has 2 unspecified atom stereocenters. The summed E-state index contributed by atoms with van der Waals surface area (Å²) >= 11 is 0. The van der Waals surface area contributed by atoms with Crippen molar-refractivity contribution in [3.63, 3.8) is 0 Å². The van der Waals surface area contributed by atoms with E-state index >= 15 is 0 Å². The van der Waals surface area contributed by atoms with Gasteiger partial charge in [0, 0.05) is 6.04 Å². The first-order valence-corrected chi connectivity index (χ1v) is 7.52. The molecule has 0 saturated heterocycles. The zero-order valence-corrected chi connectivity index (χ0v) is 12.4. The zero-order valence-electron chi connectivity index (χ0n) is 12.4. The number of benzene rings is 1. The van der Waals surface area contributed by atoms with Gasteiger partial charge in [-0.15, -0.1) is 0 Å². The van der Waals surface area contributed by atoms with Crippen LogP contribution < -0.4 is 5.32 Å². The van der Waals surface area contributed by atoms with Crippen molar-refractivity contribution in [3.05, 3.63) is 35.9 Å². The van der Waals surface area contributed by atoms with Crippen LogP contribution in [0.5, 0.6) is 0 Å². The van der Waals surface area contributed by atoms with Crippen molar-refractivity contribution in [2.45, 2.75) is 58.0 Å². The van der Waals surface area contributed by atoms with E-state index in [0.717, 1.165) is 24.8 Å². The van der Waals surface area contributed by atoms with Crippen LogP contribution >= 0.6 is 0 Å². The number of nitrogens with one attached hydrogen (secondary N) is 1. The highest BCUT2D eigenvalue weighted by Gasteiger charge is 2.28. The molecule has 0 aliphatic heterocycles. The molecule has 1 fully saturated rings. The van der Waals surface area contributed by atoms with Crippen molar-refractivity contribution in [3.8, 4) is 0 Å². The summed E-state index contributed by atoms with van der Waals surface area (Å²) in [5.41, 5.74) is 1.23. The largest absolute Gasteiger partial charge is 0.480 e. The fourth-order valence-electron chi connectivity index (χ4n) is 3.02. The third kappa shape index (κ3) is 4.07. The van der Waals surface area contributed by atoms with Gasteiger partial charge in [0.2, 0.25) is 0 Å². The normalized spacial score (nSPS) is 23.8. The summed E-state index contributed by atoms with van der Waals surface area (Å²) in [5, 5.41) is 12.8. The van der Waals surface area contributed by atoms with Crippen LogP contribution in [0.15, 0.2) is 30.3 Å². The van der Waals surface area contributed by atoms with Crippen LogP contribution in [0, 0.1) is 5.41 Å². The highest BCUT2D eigenvalue weighted by atomic mass is 16.4. The predicted octanol–water partition coefficient (Wildman–Crippen LogP) is 3.76. The van der Waals surface area contributed by atoms with Crippen LogP contribution in [0.1, 0.15) is 57.6 Å². The summed E-state index contributed by atoms with van der Waals surface area (Å²) in [7, 11) is 0. The summed E-state index contributed by atoms with van der Waals surface area (Å²) in [4.78, 5) is 11.5.